The number of carbonyl (C=O) groups is 6. The van der Waals surface area contributed by atoms with E-state index >= 15 is 0 Å². The Bertz CT molecular complexity index is 1120. The van der Waals surface area contributed by atoms with Gasteiger partial charge in [-0.3, -0.25) is 0 Å². The third-order valence-corrected chi connectivity index (χ3v) is 11.9. The Hall–Kier alpha value is 0.519. The molecule has 65 heavy (non-hydrogen) atoms. The minimum absolute atomic E-state index is 0. The fourth-order valence-electron chi connectivity index (χ4n) is 8.01. The number of rotatable bonds is 44. The fourth-order valence-corrected chi connectivity index (χ4v) is 8.01. The van der Waals surface area contributed by atoms with Gasteiger partial charge in [-0.15, -0.1) is 0 Å². The summed E-state index contributed by atoms with van der Waals surface area (Å²) in [5.41, 5.74) is -6.04. The normalized spacial score (nSPS) is 13.5. The maximum atomic E-state index is 11.2. The van der Waals surface area contributed by atoms with Crippen molar-refractivity contribution < 1.29 is 69.6 Å². The van der Waals surface area contributed by atoms with Gasteiger partial charge < -0.3 is 69.6 Å². The Morgan fingerprint density at radius 3 is 0.646 bits per heavy atom. The summed E-state index contributed by atoms with van der Waals surface area (Å²) >= 11 is 0. The van der Waals surface area contributed by atoms with Crippen LogP contribution in [0.5, 0.6) is 0 Å². The van der Waals surface area contributed by atoms with Crippen molar-refractivity contribution in [2.24, 2.45) is 11.8 Å². The quantitative estimate of drug-likeness (QED) is 0.0654. The zero-order chi connectivity index (χ0) is 47.1. The Balaban J connectivity index is -0.000000353. The molecule has 0 aliphatic heterocycles. The van der Waals surface area contributed by atoms with Crippen LogP contribution in [0.25, 0.3) is 0 Å². The van der Waals surface area contributed by atoms with E-state index in [0.29, 0.717) is 25.7 Å². The minimum Gasteiger partial charge on any atom is -0.550 e. The van der Waals surface area contributed by atoms with E-state index < -0.39 is 71.7 Å². The van der Waals surface area contributed by atoms with Crippen LogP contribution in [0.4, 0.5) is 0 Å². The first kappa shape index (κ1) is 74.5. The predicted octanol–water partition coefficient (Wildman–Crippen LogP) is 2.11. The molecule has 0 aliphatic carbocycles. The first-order chi connectivity index (χ1) is 29.5. The maximum absolute atomic E-state index is 11.2. The summed E-state index contributed by atoms with van der Waals surface area (Å²) in [6, 6.07) is 0. The second kappa shape index (κ2) is 49.5. The first-order valence-corrected chi connectivity index (χ1v) is 24.2. The van der Waals surface area contributed by atoms with Crippen molar-refractivity contribution in [2.45, 2.75) is 256 Å². The van der Waals surface area contributed by atoms with E-state index in [2.05, 4.69) is 13.8 Å². The summed E-state index contributed by atoms with van der Waals surface area (Å²) in [7, 11) is 0. The largest absolute Gasteiger partial charge is 2.00 e. The van der Waals surface area contributed by atoms with Crippen LogP contribution in [0, 0.1) is 11.8 Å². The molecule has 14 nitrogen and oxygen atoms in total. The third kappa shape index (κ3) is 40.9. The molecule has 0 radical (unpaired) electrons. The molecular weight excluding hydrogens is 921 g/mol. The molecule has 0 aliphatic rings. The monoisotopic (exact) mass is 1000 g/mol. The second-order valence-electron chi connectivity index (χ2n) is 17.4. The van der Waals surface area contributed by atoms with Gasteiger partial charge in [0, 0.05) is 48.6 Å². The minimum atomic E-state index is -3.02. The van der Waals surface area contributed by atoms with E-state index in [4.69, 9.17) is 0 Å². The molecule has 0 rings (SSSR count). The third-order valence-electron chi connectivity index (χ3n) is 11.9. The molecule has 0 spiro atoms. The van der Waals surface area contributed by atoms with Gasteiger partial charge in [-0.25, -0.2) is 0 Å². The summed E-state index contributed by atoms with van der Waals surface area (Å²) in [5.74, 6) is -15.3. The summed E-state index contributed by atoms with van der Waals surface area (Å²) in [5, 5.41) is 86.2. The van der Waals surface area contributed by atoms with Crippen LogP contribution in [-0.2, 0) is 28.8 Å². The molecule has 0 aromatic heterocycles. The van der Waals surface area contributed by atoms with Gasteiger partial charge in [0.15, 0.2) is 0 Å². The number of carboxylic acid groups (broad SMARTS) is 6. The van der Waals surface area contributed by atoms with Crippen LogP contribution in [0.2, 0.25) is 0 Å². The molecule has 0 saturated carbocycles. The van der Waals surface area contributed by atoms with Crippen molar-refractivity contribution in [3.05, 3.63) is 0 Å². The van der Waals surface area contributed by atoms with E-state index in [1.54, 1.807) is 0 Å². The zero-order valence-corrected chi connectivity index (χ0v) is 47.2. The van der Waals surface area contributed by atoms with Crippen LogP contribution in [0.15, 0.2) is 0 Å². The molecule has 2 N–H and O–H groups in total. The van der Waals surface area contributed by atoms with Crippen molar-refractivity contribution in [2.75, 3.05) is 0 Å². The van der Waals surface area contributed by atoms with Gasteiger partial charge >= 0.3 is 113 Å². The van der Waals surface area contributed by atoms with E-state index in [9.17, 15) is 69.6 Å². The molecule has 0 amide bonds. The van der Waals surface area contributed by atoms with Crippen LogP contribution in [-0.4, -0.2) is 170 Å². The molecular formula is C48H82Ca3O14. The zero-order valence-electron chi connectivity index (χ0n) is 40.5. The Kier molecular flexibility index (Phi) is 56.7. The van der Waals surface area contributed by atoms with Gasteiger partial charge in [0.25, 0.3) is 0 Å². The van der Waals surface area contributed by atoms with E-state index in [1.165, 1.54) is 141 Å². The molecule has 0 saturated heterocycles. The van der Waals surface area contributed by atoms with Gasteiger partial charge in [-0.05, 0) is 12.8 Å². The van der Waals surface area contributed by atoms with Crippen molar-refractivity contribution >= 4 is 149 Å². The van der Waals surface area contributed by atoms with Crippen molar-refractivity contribution in [1.29, 1.82) is 0 Å². The molecule has 364 valence electrons. The van der Waals surface area contributed by atoms with Crippen molar-refractivity contribution in [3.63, 3.8) is 0 Å². The Morgan fingerprint density at radius 1 is 0.338 bits per heavy atom. The molecule has 4 atom stereocenters. The van der Waals surface area contributed by atoms with Gasteiger partial charge in [0.2, 0.25) is 0 Å². The van der Waals surface area contributed by atoms with Crippen LogP contribution >= 0.6 is 0 Å². The molecule has 0 heterocycles. The molecule has 4 unspecified atom stereocenters. The maximum Gasteiger partial charge on any atom is 2.00 e. The summed E-state index contributed by atoms with van der Waals surface area (Å²) < 4.78 is 0. The van der Waals surface area contributed by atoms with Crippen molar-refractivity contribution in [1.82, 2.24) is 0 Å². The standard InChI is InChI=1S/2C24H44O7.3Ca/c2*1-2-3-4-5-6-7-8-9-10-11-12-13-14-15-16-17-18-20(22(27)28)24(31,23(29)30)19-21(25)26;;;/h2*20,31H,2-19H2,1H3,(H,25,26)(H,27,28)(H,29,30);;;/q;;3*+2/p-6. The number of aliphatic carboxylic acids is 6. The van der Waals surface area contributed by atoms with Gasteiger partial charge in [0.05, 0.1) is 11.9 Å². The van der Waals surface area contributed by atoms with E-state index in [-0.39, 0.29) is 126 Å². The van der Waals surface area contributed by atoms with Crippen LogP contribution < -0.4 is 30.6 Å². The Labute approximate surface area is 481 Å². The van der Waals surface area contributed by atoms with Crippen LogP contribution in [0.3, 0.4) is 0 Å². The fraction of sp³-hybridized carbons (Fsp3) is 0.875. The second-order valence-corrected chi connectivity index (χ2v) is 17.4. The van der Waals surface area contributed by atoms with Gasteiger partial charge in [0.1, 0.15) is 11.2 Å². The Morgan fingerprint density at radius 2 is 0.508 bits per heavy atom. The molecule has 0 bridgehead atoms. The topological polar surface area (TPSA) is 281 Å². The first-order valence-electron chi connectivity index (χ1n) is 24.2. The molecule has 17 heteroatoms. The number of unbranched alkanes of at least 4 members (excludes halogenated alkanes) is 30. The predicted molar refractivity (Wildman–Crippen MR) is 242 cm³/mol. The number of hydrogen-bond acceptors (Lipinski definition) is 14. The molecule has 0 aromatic carbocycles. The molecule has 0 aromatic rings. The summed E-state index contributed by atoms with van der Waals surface area (Å²) in [6.45, 7) is 4.46. The van der Waals surface area contributed by atoms with E-state index in [1.807, 2.05) is 0 Å². The number of hydrogen-bond donors (Lipinski definition) is 2. The average molecular weight is 1000 g/mol. The number of carbonyl (C=O) groups excluding carboxylic acids is 6. The number of carboxylic acids is 6. The molecule has 0 fully saturated rings. The average Bonchev–Trinajstić information content (AvgIpc) is 3.19. The summed E-state index contributed by atoms with van der Waals surface area (Å²) in [6.07, 6.45) is 33.7. The van der Waals surface area contributed by atoms with Crippen LogP contribution in [0.1, 0.15) is 245 Å². The summed E-state index contributed by atoms with van der Waals surface area (Å²) in [4.78, 5) is 66.1. The SMILES string of the molecule is CCCCCCCCCCCCCCCCCCC(C(=O)[O-])C(O)(CC(=O)[O-])C(=O)[O-].CCCCCCCCCCCCCCCCCCC(C(=O)[O-])C(O)(CC(=O)[O-])C(=O)[O-].[Ca+2].[Ca+2].[Ca+2]. The van der Waals surface area contributed by atoms with Crippen molar-refractivity contribution in [3.8, 4) is 0 Å². The smallest absolute Gasteiger partial charge is 0.550 e. The van der Waals surface area contributed by atoms with E-state index in [0.717, 1.165) is 38.5 Å². The van der Waals surface area contributed by atoms with Gasteiger partial charge in [-0.1, -0.05) is 219 Å². The van der Waals surface area contributed by atoms with Gasteiger partial charge in [-0.2, -0.15) is 0 Å². The number of aliphatic hydroxyl groups is 2.